The van der Waals surface area contributed by atoms with Crippen molar-refractivity contribution < 1.29 is 23.9 Å². The van der Waals surface area contributed by atoms with Gasteiger partial charge in [-0.25, -0.2) is 4.79 Å². The zero-order chi connectivity index (χ0) is 31.4. The van der Waals surface area contributed by atoms with Crippen LogP contribution in [-0.4, -0.2) is 37.2 Å². The maximum atomic E-state index is 12.8. The van der Waals surface area contributed by atoms with Gasteiger partial charge in [-0.2, -0.15) is 0 Å². The van der Waals surface area contributed by atoms with Crippen molar-refractivity contribution in [3.8, 4) is 5.75 Å². The third-order valence-electron chi connectivity index (χ3n) is 6.58. The molecule has 0 bridgehead atoms. The number of carbonyl (C=O) groups is 3. The van der Waals surface area contributed by atoms with Crippen LogP contribution in [0.3, 0.4) is 0 Å². The van der Waals surface area contributed by atoms with Gasteiger partial charge in [0.15, 0.2) is 0 Å². The highest BCUT2D eigenvalue weighted by Crippen LogP contribution is 2.27. The van der Waals surface area contributed by atoms with Crippen molar-refractivity contribution in [2.75, 3.05) is 29.6 Å². The molecule has 3 aromatic carbocycles. The number of unbranched alkanes of at least 4 members (excludes halogenated alkanes) is 1. The predicted molar refractivity (Wildman–Crippen MR) is 172 cm³/mol. The summed E-state index contributed by atoms with van der Waals surface area (Å²) in [7, 11) is 1.51. The number of hydrogen-bond acceptors (Lipinski definition) is 6. The third-order valence-corrected chi connectivity index (χ3v) is 6.58. The largest absolute Gasteiger partial charge is 0.495 e. The van der Waals surface area contributed by atoms with Crippen LogP contribution in [0, 0.1) is 6.92 Å². The molecule has 0 aliphatic heterocycles. The highest BCUT2D eigenvalue weighted by Gasteiger charge is 2.21. The van der Waals surface area contributed by atoms with Gasteiger partial charge in [-0.15, -0.1) is 0 Å². The summed E-state index contributed by atoms with van der Waals surface area (Å²) in [5, 5.41) is 12.0. The Morgan fingerprint density at radius 1 is 0.884 bits per heavy atom. The summed E-state index contributed by atoms with van der Waals surface area (Å²) in [6, 6.07) is 19.6. The van der Waals surface area contributed by atoms with Crippen molar-refractivity contribution in [1.29, 1.82) is 0 Å². The number of ether oxygens (including phenoxy) is 2. The van der Waals surface area contributed by atoms with E-state index in [-0.39, 0.29) is 30.8 Å². The van der Waals surface area contributed by atoms with Crippen LogP contribution < -0.4 is 26.0 Å². The Balaban J connectivity index is 1.60. The molecule has 0 heterocycles. The van der Waals surface area contributed by atoms with Crippen LogP contribution in [0.5, 0.6) is 5.75 Å². The maximum Gasteiger partial charge on any atom is 0.323 e. The first-order valence-corrected chi connectivity index (χ1v) is 14.6. The molecule has 0 aliphatic rings. The smallest absolute Gasteiger partial charge is 0.323 e. The number of carbonyl (C=O) groups excluding carboxylic acids is 3. The minimum Gasteiger partial charge on any atom is -0.495 e. The van der Waals surface area contributed by atoms with Gasteiger partial charge >= 0.3 is 12.0 Å². The van der Waals surface area contributed by atoms with Crippen LogP contribution >= 0.6 is 0 Å². The number of esters is 1. The summed E-state index contributed by atoms with van der Waals surface area (Å²) in [6.07, 6.45) is 2.38. The molecule has 0 aromatic heterocycles. The fourth-order valence-corrected chi connectivity index (χ4v) is 4.44. The molecule has 3 aromatic rings. The predicted octanol–water partition coefficient (Wildman–Crippen LogP) is 6.99. The van der Waals surface area contributed by atoms with E-state index in [9.17, 15) is 14.4 Å². The Kier molecular flexibility index (Phi) is 12.1. The van der Waals surface area contributed by atoms with E-state index in [1.165, 1.54) is 7.11 Å². The molecule has 1 unspecified atom stereocenters. The molecule has 0 radical (unpaired) electrons. The maximum absolute atomic E-state index is 12.8. The second-order valence-corrected chi connectivity index (χ2v) is 11.4. The van der Waals surface area contributed by atoms with E-state index >= 15 is 0 Å². The van der Waals surface area contributed by atoms with Gasteiger partial charge in [0, 0.05) is 17.4 Å². The van der Waals surface area contributed by atoms with Gasteiger partial charge in [0.2, 0.25) is 5.91 Å². The summed E-state index contributed by atoms with van der Waals surface area (Å²) in [4.78, 5) is 37.9. The number of hydrogen-bond donors (Lipinski definition) is 4. The number of aryl methyl sites for hydroxylation is 1. The van der Waals surface area contributed by atoms with E-state index < -0.39 is 11.6 Å². The Labute approximate surface area is 254 Å². The normalized spacial score (nSPS) is 11.8. The average Bonchev–Trinajstić information content (AvgIpc) is 2.94. The number of methoxy groups -OCH3 is 1. The summed E-state index contributed by atoms with van der Waals surface area (Å²) in [5.41, 5.74) is 3.93. The van der Waals surface area contributed by atoms with Gasteiger partial charge in [-0.05, 0) is 87.7 Å². The first-order valence-electron chi connectivity index (χ1n) is 14.6. The van der Waals surface area contributed by atoms with E-state index in [2.05, 4.69) is 28.2 Å². The Bertz CT molecular complexity index is 1380. The first-order chi connectivity index (χ1) is 20.5. The standard InChI is InChI=1S/C34H44N4O5/c1-7-8-19-35-29(22-32(40)43-34(3,4)5)25-14-16-26(17-15-25)36-31(39)21-24-13-18-28(30(20-24)42-6)38-33(41)37-27-12-10-9-11-23(27)2/h9-18,20,29,35H,7-8,19,21-22H2,1-6H3,(H,36,39)(H2,37,38,41). The minimum absolute atomic E-state index is 0.119. The van der Waals surface area contributed by atoms with Crippen LogP contribution in [0.4, 0.5) is 21.9 Å². The SMILES string of the molecule is CCCCNC(CC(=O)OC(C)(C)C)c1ccc(NC(=O)Cc2ccc(NC(=O)Nc3ccccc3C)c(OC)c2)cc1. The topological polar surface area (TPSA) is 118 Å². The van der Waals surface area contributed by atoms with Gasteiger partial charge < -0.3 is 30.7 Å². The number of anilines is 3. The fourth-order valence-electron chi connectivity index (χ4n) is 4.44. The Morgan fingerprint density at radius 3 is 2.23 bits per heavy atom. The number of benzene rings is 3. The molecule has 3 rings (SSSR count). The van der Waals surface area contributed by atoms with E-state index in [1.54, 1.807) is 18.2 Å². The molecule has 230 valence electrons. The molecule has 3 amide bonds. The van der Waals surface area contributed by atoms with E-state index in [4.69, 9.17) is 9.47 Å². The third kappa shape index (κ3) is 11.1. The first kappa shape index (κ1) is 33.1. The summed E-state index contributed by atoms with van der Waals surface area (Å²) >= 11 is 0. The second-order valence-electron chi connectivity index (χ2n) is 11.4. The molecular weight excluding hydrogens is 544 g/mol. The summed E-state index contributed by atoms with van der Waals surface area (Å²) < 4.78 is 11.0. The lowest BCUT2D eigenvalue weighted by atomic mass is 10.0. The number of nitrogens with one attached hydrogen (secondary N) is 4. The van der Waals surface area contributed by atoms with E-state index in [0.29, 0.717) is 22.8 Å². The molecule has 0 saturated carbocycles. The number of urea groups is 1. The number of rotatable bonds is 13. The number of amides is 3. The quantitative estimate of drug-likeness (QED) is 0.126. The highest BCUT2D eigenvalue weighted by molar-refractivity contribution is 6.01. The van der Waals surface area contributed by atoms with Gasteiger partial charge in [0.1, 0.15) is 11.4 Å². The van der Waals surface area contributed by atoms with Crippen molar-refractivity contribution in [3.05, 3.63) is 83.4 Å². The van der Waals surface area contributed by atoms with Gasteiger partial charge in [0.25, 0.3) is 0 Å². The van der Waals surface area contributed by atoms with Crippen LogP contribution in [-0.2, 0) is 20.7 Å². The monoisotopic (exact) mass is 588 g/mol. The molecule has 9 heteroatoms. The molecule has 0 saturated heterocycles. The molecule has 0 fully saturated rings. The summed E-state index contributed by atoms with van der Waals surface area (Å²) in [6.45, 7) is 10.4. The molecule has 1 atom stereocenters. The second kappa shape index (κ2) is 15.7. The average molecular weight is 589 g/mol. The van der Waals surface area contributed by atoms with Crippen LogP contribution in [0.2, 0.25) is 0 Å². The van der Waals surface area contributed by atoms with Crippen LogP contribution in [0.1, 0.15) is 69.7 Å². The zero-order valence-corrected chi connectivity index (χ0v) is 26.0. The van der Waals surface area contributed by atoms with Crippen molar-refractivity contribution >= 4 is 35.0 Å². The van der Waals surface area contributed by atoms with Crippen molar-refractivity contribution in [2.24, 2.45) is 0 Å². The van der Waals surface area contributed by atoms with Crippen molar-refractivity contribution in [1.82, 2.24) is 5.32 Å². The summed E-state index contributed by atoms with van der Waals surface area (Å²) in [5.74, 6) is -0.0113. The van der Waals surface area contributed by atoms with Crippen LogP contribution in [0.25, 0.3) is 0 Å². The lowest BCUT2D eigenvalue weighted by molar-refractivity contribution is -0.155. The molecule has 9 nitrogen and oxygen atoms in total. The molecule has 0 spiro atoms. The van der Waals surface area contributed by atoms with Gasteiger partial charge in [0.05, 0.1) is 25.6 Å². The van der Waals surface area contributed by atoms with E-state index in [0.717, 1.165) is 36.1 Å². The number of para-hydroxylation sites is 1. The fraction of sp³-hybridized carbons (Fsp3) is 0.382. The van der Waals surface area contributed by atoms with Gasteiger partial charge in [-0.3, -0.25) is 9.59 Å². The highest BCUT2D eigenvalue weighted by atomic mass is 16.6. The minimum atomic E-state index is -0.545. The molecule has 0 aliphatic carbocycles. The molecule has 43 heavy (non-hydrogen) atoms. The van der Waals surface area contributed by atoms with Gasteiger partial charge in [-0.1, -0.05) is 49.7 Å². The Morgan fingerprint density at radius 2 is 1.58 bits per heavy atom. The molecular formula is C34H44N4O5. The van der Waals surface area contributed by atoms with Crippen LogP contribution in [0.15, 0.2) is 66.7 Å². The lowest BCUT2D eigenvalue weighted by Gasteiger charge is -2.23. The van der Waals surface area contributed by atoms with Crippen molar-refractivity contribution in [2.45, 2.75) is 71.9 Å². The van der Waals surface area contributed by atoms with Crippen molar-refractivity contribution in [3.63, 3.8) is 0 Å². The zero-order valence-electron chi connectivity index (χ0n) is 26.0. The lowest BCUT2D eigenvalue weighted by Crippen LogP contribution is -2.29. The molecule has 4 N–H and O–H groups in total. The Hall–Kier alpha value is -4.37. The van der Waals surface area contributed by atoms with E-state index in [1.807, 2.05) is 76.2 Å².